The van der Waals surface area contributed by atoms with E-state index in [-0.39, 0.29) is 5.41 Å². The van der Waals surface area contributed by atoms with Gasteiger partial charge in [-0.3, -0.25) is 4.79 Å². The van der Waals surface area contributed by atoms with Crippen molar-refractivity contribution in [3.63, 3.8) is 0 Å². The average Bonchev–Trinajstić information content (AvgIpc) is 3.22. The molecule has 0 aromatic heterocycles. The van der Waals surface area contributed by atoms with Crippen LogP contribution in [0.4, 0.5) is 0 Å². The third-order valence-corrected chi connectivity index (χ3v) is 9.54. The Morgan fingerprint density at radius 3 is 2.44 bits per heavy atom. The number of halogens is 1. The first-order chi connectivity index (χ1) is 18.8. The van der Waals surface area contributed by atoms with E-state index >= 15 is 0 Å². The molecule has 2 atom stereocenters. The lowest BCUT2D eigenvalue weighted by atomic mass is 9.56. The Kier molecular flexibility index (Phi) is 8.35. The Hall–Kier alpha value is -2.82. The largest absolute Gasteiger partial charge is 0.497 e. The van der Waals surface area contributed by atoms with Crippen molar-refractivity contribution in [3.8, 4) is 5.75 Å². The molecule has 0 amide bonds. The second-order valence-electron chi connectivity index (χ2n) is 11.8. The standard InChI is InChI=1S/C34H39ClO4/c1-24(22-39-23-25-10-12-30(38-2)13-11-25)18-28-20-27-7-3-4-9-31(27)34(28)16-14-33(15-17-34,32(36)37)21-26-6-5-8-29(35)19-26/h3-13,19,24,28H,14-18,20-23H2,1-2H3,(H,36,37)/t24-,28+,33?,34?/m1/s1. The predicted octanol–water partition coefficient (Wildman–Crippen LogP) is 7.89. The van der Waals surface area contributed by atoms with Crippen molar-refractivity contribution >= 4 is 17.6 Å². The van der Waals surface area contributed by atoms with Gasteiger partial charge in [0.05, 0.1) is 19.1 Å². The van der Waals surface area contributed by atoms with Gasteiger partial charge in [-0.1, -0.05) is 67.1 Å². The second-order valence-corrected chi connectivity index (χ2v) is 12.2. The van der Waals surface area contributed by atoms with Crippen molar-refractivity contribution in [1.82, 2.24) is 0 Å². The fourth-order valence-electron chi connectivity index (χ4n) is 7.18. The minimum atomic E-state index is -0.745. The number of hydrogen-bond donors (Lipinski definition) is 1. The van der Waals surface area contributed by atoms with Gasteiger partial charge in [-0.25, -0.2) is 0 Å². The van der Waals surface area contributed by atoms with E-state index in [0.29, 0.717) is 49.3 Å². The van der Waals surface area contributed by atoms with Crippen LogP contribution in [0.2, 0.25) is 5.02 Å². The highest BCUT2D eigenvalue weighted by atomic mass is 35.5. The molecular formula is C34H39ClO4. The van der Waals surface area contributed by atoms with Crippen LogP contribution in [-0.2, 0) is 34.4 Å². The van der Waals surface area contributed by atoms with Crippen molar-refractivity contribution in [1.29, 1.82) is 0 Å². The van der Waals surface area contributed by atoms with E-state index in [4.69, 9.17) is 21.1 Å². The molecule has 1 spiro atoms. The molecule has 4 nitrogen and oxygen atoms in total. The molecule has 0 bridgehead atoms. The zero-order chi connectivity index (χ0) is 27.5. The summed E-state index contributed by atoms with van der Waals surface area (Å²) in [6.45, 7) is 3.59. The van der Waals surface area contributed by atoms with E-state index in [2.05, 4.69) is 31.2 Å². The molecule has 0 aliphatic heterocycles. The van der Waals surface area contributed by atoms with Gasteiger partial charge in [-0.05, 0) is 109 Å². The summed E-state index contributed by atoms with van der Waals surface area (Å²) in [4.78, 5) is 12.7. The Morgan fingerprint density at radius 2 is 1.74 bits per heavy atom. The van der Waals surface area contributed by atoms with E-state index in [1.807, 2.05) is 48.5 Å². The summed E-state index contributed by atoms with van der Waals surface area (Å²) >= 11 is 6.23. The molecule has 0 unspecified atom stereocenters. The molecule has 1 N–H and O–H groups in total. The van der Waals surface area contributed by atoms with Gasteiger partial charge in [-0.2, -0.15) is 0 Å². The maximum Gasteiger partial charge on any atom is 0.309 e. The van der Waals surface area contributed by atoms with Crippen LogP contribution < -0.4 is 4.74 Å². The molecule has 5 rings (SSSR count). The van der Waals surface area contributed by atoms with Gasteiger partial charge in [0.15, 0.2) is 0 Å². The fourth-order valence-corrected chi connectivity index (χ4v) is 7.40. The Balaban J connectivity index is 1.28. The maximum absolute atomic E-state index is 12.7. The molecule has 39 heavy (non-hydrogen) atoms. The van der Waals surface area contributed by atoms with Gasteiger partial charge in [0, 0.05) is 11.6 Å². The van der Waals surface area contributed by atoms with Crippen molar-refractivity contribution in [3.05, 3.63) is 100 Å². The molecule has 5 heteroatoms. The predicted molar refractivity (Wildman–Crippen MR) is 155 cm³/mol. The van der Waals surface area contributed by atoms with E-state index in [1.165, 1.54) is 11.1 Å². The summed E-state index contributed by atoms with van der Waals surface area (Å²) in [5, 5.41) is 11.1. The lowest BCUT2D eigenvalue weighted by Crippen LogP contribution is -2.45. The molecule has 206 valence electrons. The van der Waals surface area contributed by atoms with Crippen molar-refractivity contribution < 1.29 is 19.4 Å². The van der Waals surface area contributed by atoms with Gasteiger partial charge >= 0.3 is 5.97 Å². The summed E-state index contributed by atoms with van der Waals surface area (Å²) in [7, 11) is 1.68. The van der Waals surface area contributed by atoms with Crippen LogP contribution in [0.3, 0.4) is 0 Å². The second kappa shape index (κ2) is 11.7. The highest BCUT2D eigenvalue weighted by Gasteiger charge is 2.53. The topological polar surface area (TPSA) is 55.8 Å². The zero-order valence-corrected chi connectivity index (χ0v) is 23.8. The number of carbonyl (C=O) groups is 1. The van der Waals surface area contributed by atoms with Gasteiger partial charge < -0.3 is 14.6 Å². The minimum absolute atomic E-state index is 0.0358. The number of benzene rings is 3. The molecule has 2 aliphatic carbocycles. The van der Waals surface area contributed by atoms with Gasteiger partial charge in [-0.15, -0.1) is 0 Å². The van der Waals surface area contributed by atoms with Crippen LogP contribution in [0.1, 0.15) is 61.3 Å². The SMILES string of the molecule is COc1ccc(COC[C@H](C)C[C@H]2Cc3ccccc3C23CCC(Cc2cccc(Cl)c2)(C(=O)O)CC3)cc1. The van der Waals surface area contributed by atoms with Crippen molar-refractivity contribution in [2.45, 2.75) is 63.9 Å². The van der Waals surface area contributed by atoms with Crippen LogP contribution >= 0.6 is 11.6 Å². The quantitative estimate of drug-likeness (QED) is 0.281. The number of carboxylic acid groups (broad SMARTS) is 1. The van der Waals surface area contributed by atoms with Gasteiger partial charge in [0.1, 0.15) is 5.75 Å². The first-order valence-corrected chi connectivity index (χ1v) is 14.5. The highest BCUT2D eigenvalue weighted by Crippen LogP contribution is 2.58. The summed E-state index contributed by atoms with van der Waals surface area (Å²) in [5.41, 5.74) is 4.32. The molecule has 0 saturated heterocycles. The molecule has 3 aromatic rings. The molecular weight excluding hydrogens is 508 g/mol. The lowest BCUT2D eigenvalue weighted by molar-refractivity contribution is -0.152. The molecule has 3 aromatic carbocycles. The average molecular weight is 547 g/mol. The van der Waals surface area contributed by atoms with Crippen LogP contribution in [0.25, 0.3) is 0 Å². The first-order valence-electron chi connectivity index (χ1n) is 14.1. The molecule has 0 heterocycles. The molecule has 1 fully saturated rings. The van der Waals surface area contributed by atoms with E-state index in [1.54, 1.807) is 7.11 Å². The molecule has 0 radical (unpaired) electrons. The van der Waals surface area contributed by atoms with Crippen LogP contribution in [0, 0.1) is 17.3 Å². The van der Waals surface area contributed by atoms with E-state index in [0.717, 1.165) is 42.6 Å². The fraction of sp³-hybridized carbons (Fsp3) is 0.441. The maximum atomic E-state index is 12.7. The number of methoxy groups -OCH3 is 1. The van der Waals surface area contributed by atoms with Crippen LogP contribution in [-0.4, -0.2) is 24.8 Å². The van der Waals surface area contributed by atoms with E-state index in [9.17, 15) is 9.90 Å². The summed E-state index contributed by atoms with van der Waals surface area (Å²) in [5.74, 6) is 1.08. The first kappa shape index (κ1) is 27.7. The van der Waals surface area contributed by atoms with Gasteiger partial charge in [0.2, 0.25) is 0 Å². The van der Waals surface area contributed by atoms with E-state index < -0.39 is 11.4 Å². The molecule has 2 aliphatic rings. The Bertz CT molecular complexity index is 1280. The lowest BCUT2D eigenvalue weighted by Gasteiger charge is -2.47. The Morgan fingerprint density at radius 1 is 1.00 bits per heavy atom. The smallest absolute Gasteiger partial charge is 0.309 e. The third kappa shape index (κ3) is 5.88. The van der Waals surface area contributed by atoms with Crippen LogP contribution in [0.15, 0.2) is 72.8 Å². The van der Waals surface area contributed by atoms with Crippen molar-refractivity contribution in [2.24, 2.45) is 17.3 Å². The van der Waals surface area contributed by atoms with Crippen molar-refractivity contribution in [2.75, 3.05) is 13.7 Å². The number of carboxylic acids is 1. The summed E-state index contributed by atoms with van der Waals surface area (Å²) < 4.78 is 11.4. The number of fused-ring (bicyclic) bond motifs is 2. The number of ether oxygens (including phenoxy) is 2. The number of rotatable bonds is 10. The monoisotopic (exact) mass is 546 g/mol. The summed E-state index contributed by atoms with van der Waals surface area (Å²) in [6.07, 6.45) is 5.84. The van der Waals surface area contributed by atoms with Crippen LogP contribution in [0.5, 0.6) is 5.75 Å². The highest BCUT2D eigenvalue weighted by molar-refractivity contribution is 6.30. The normalized spacial score (nSPS) is 24.8. The Labute approximate surface area is 237 Å². The zero-order valence-electron chi connectivity index (χ0n) is 23.0. The minimum Gasteiger partial charge on any atom is -0.497 e. The van der Waals surface area contributed by atoms with Gasteiger partial charge in [0.25, 0.3) is 0 Å². The number of aliphatic carboxylic acids is 1. The third-order valence-electron chi connectivity index (χ3n) is 9.30. The number of hydrogen-bond acceptors (Lipinski definition) is 3. The summed E-state index contributed by atoms with van der Waals surface area (Å²) in [6, 6.07) is 24.6. The molecule has 1 saturated carbocycles.